The molecule has 1 fully saturated rings. The third-order valence-electron chi connectivity index (χ3n) is 4.24. The lowest BCUT2D eigenvalue weighted by Gasteiger charge is -2.21. The molecule has 138 valence electrons. The number of anilines is 2. The molecule has 2 aromatic rings. The van der Waals surface area contributed by atoms with Gasteiger partial charge in [0.2, 0.25) is 0 Å². The van der Waals surface area contributed by atoms with Crippen LogP contribution in [0.5, 0.6) is 0 Å². The number of alkyl halides is 3. The second kappa shape index (κ2) is 7.03. The highest BCUT2D eigenvalue weighted by atomic mass is 35.5. The molecular formula is C17H15ClF3N3O2. The number of nitro benzene ring substituents is 1. The van der Waals surface area contributed by atoms with Crippen LogP contribution in [0.3, 0.4) is 0 Å². The molecule has 3 rings (SSSR count). The van der Waals surface area contributed by atoms with E-state index in [2.05, 4.69) is 5.32 Å². The molecule has 2 aromatic carbocycles. The number of nitrogens with zero attached hydrogens (tertiary/aromatic N) is 2. The summed E-state index contributed by atoms with van der Waals surface area (Å²) < 4.78 is 38.9. The van der Waals surface area contributed by atoms with Gasteiger partial charge in [-0.1, -0.05) is 29.8 Å². The number of benzene rings is 2. The normalized spacial score (nSPS) is 17.4. The van der Waals surface area contributed by atoms with Crippen molar-refractivity contribution in [2.75, 3.05) is 23.3 Å². The van der Waals surface area contributed by atoms with Crippen LogP contribution in [0.15, 0.2) is 42.5 Å². The smallest absolute Gasteiger partial charge is 0.380 e. The highest BCUT2D eigenvalue weighted by Crippen LogP contribution is 2.42. The van der Waals surface area contributed by atoms with Crippen molar-refractivity contribution in [1.29, 1.82) is 0 Å². The first-order chi connectivity index (χ1) is 12.3. The second-order valence-electron chi connectivity index (χ2n) is 6.02. The summed E-state index contributed by atoms with van der Waals surface area (Å²) in [6.45, 7) is 0.907. The van der Waals surface area contributed by atoms with E-state index in [-0.39, 0.29) is 11.7 Å². The summed E-state index contributed by atoms with van der Waals surface area (Å²) in [5.41, 5.74) is -0.778. The van der Waals surface area contributed by atoms with Crippen molar-refractivity contribution in [3.63, 3.8) is 0 Å². The Morgan fingerprint density at radius 1 is 1.23 bits per heavy atom. The van der Waals surface area contributed by atoms with Gasteiger partial charge in [-0.25, -0.2) is 0 Å². The zero-order valence-electron chi connectivity index (χ0n) is 13.5. The monoisotopic (exact) mass is 385 g/mol. The molecule has 1 N–H and O–H groups in total. The van der Waals surface area contributed by atoms with Gasteiger partial charge in [0.05, 0.1) is 15.5 Å². The Morgan fingerprint density at radius 3 is 2.54 bits per heavy atom. The van der Waals surface area contributed by atoms with Crippen LogP contribution in [0, 0.1) is 10.1 Å². The number of halogens is 4. The highest BCUT2D eigenvalue weighted by molar-refractivity contribution is 6.31. The second-order valence-corrected chi connectivity index (χ2v) is 6.42. The van der Waals surface area contributed by atoms with Gasteiger partial charge in [-0.05, 0) is 24.6 Å². The maximum atomic E-state index is 13.0. The van der Waals surface area contributed by atoms with Gasteiger partial charge < -0.3 is 10.2 Å². The van der Waals surface area contributed by atoms with Gasteiger partial charge in [0.1, 0.15) is 5.69 Å². The first-order valence-corrected chi connectivity index (χ1v) is 8.25. The van der Waals surface area contributed by atoms with E-state index in [9.17, 15) is 23.3 Å². The molecule has 9 heteroatoms. The van der Waals surface area contributed by atoms with Crippen molar-refractivity contribution in [1.82, 2.24) is 0 Å². The lowest BCUT2D eigenvalue weighted by Crippen LogP contribution is -2.26. The summed E-state index contributed by atoms with van der Waals surface area (Å²) in [4.78, 5) is 12.2. The molecule has 1 atom stereocenters. The summed E-state index contributed by atoms with van der Waals surface area (Å²) in [6, 6.07) is 11.0. The maximum Gasteiger partial charge on any atom is 0.418 e. The van der Waals surface area contributed by atoms with E-state index in [4.69, 9.17) is 11.6 Å². The molecule has 0 saturated carbocycles. The summed E-state index contributed by atoms with van der Waals surface area (Å²) in [5, 5.41) is 14.1. The molecule has 1 aliphatic heterocycles. The van der Waals surface area contributed by atoms with Crippen LogP contribution < -0.4 is 10.2 Å². The first kappa shape index (κ1) is 18.3. The lowest BCUT2D eigenvalue weighted by molar-refractivity contribution is -0.384. The van der Waals surface area contributed by atoms with Crippen molar-refractivity contribution in [2.45, 2.75) is 18.6 Å². The van der Waals surface area contributed by atoms with Crippen LogP contribution in [0.25, 0.3) is 0 Å². The van der Waals surface area contributed by atoms with Gasteiger partial charge in [-0.2, -0.15) is 13.2 Å². The lowest BCUT2D eigenvalue weighted by atomic mass is 10.1. The average molecular weight is 386 g/mol. The van der Waals surface area contributed by atoms with Crippen molar-refractivity contribution >= 4 is 28.7 Å². The topological polar surface area (TPSA) is 58.4 Å². The zero-order valence-corrected chi connectivity index (χ0v) is 14.2. The van der Waals surface area contributed by atoms with E-state index < -0.39 is 27.4 Å². The van der Waals surface area contributed by atoms with Crippen LogP contribution >= 0.6 is 11.6 Å². The summed E-state index contributed by atoms with van der Waals surface area (Å²) in [5.74, 6) is 0. The van der Waals surface area contributed by atoms with Crippen LogP contribution in [0.1, 0.15) is 12.0 Å². The minimum atomic E-state index is -4.75. The fourth-order valence-electron chi connectivity index (χ4n) is 3.04. The number of hydrogen-bond donors (Lipinski definition) is 1. The van der Waals surface area contributed by atoms with Gasteiger partial charge in [-0.3, -0.25) is 10.1 Å². The molecule has 1 unspecified atom stereocenters. The number of nitrogens with one attached hydrogen (secondary N) is 1. The largest absolute Gasteiger partial charge is 0.418 e. The standard InChI is InChI=1S/C17H15ClF3N3O2/c18-14-9-15(16(24(25)26)8-13(14)17(19,20)21)23-7-6-12(10-23)22-11-4-2-1-3-5-11/h1-5,8-9,12,22H,6-7,10H2. The SMILES string of the molecule is O=[N+]([O-])c1cc(C(F)(F)F)c(Cl)cc1N1CCC(Nc2ccccc2)C1. The van der Waals surface area contributed by atoms with Crippen molar-refractivity contribution in [3.8, 4) is 0 Å². The fourth-order valence-corrected chi connectivity index (χ4v) is 3.30. The molecule has 1 saturated heterocycles. The van der Waals surface area contributed by atoms with E-state index in [0.29, 0.717) is 25.6 Å². The third kappa shape index (κ3) is 3.85. The van der Waals surface area contributed by atoms with Gasteiger partial charge in [0, 0.05) is 30.9 Å². The summed E-state index contributed by atoms with van der Waals surface area (Å²) >= 11 is 5.75. The van der Waals surface area contributed by atoms with Crippen LogP contribution in [-0.2, 0) is 6.18 Å². The minimum Gasteiger partial charge on any atom is -0.380 e. The third-order valence-corrected chi connectivity index (χ3v) is 4.55. The summed E-state index contributed by atoms with van der Waals surface area (Å²) in [6.07, 6.45) is -4.05. The predicted octanol–water partition coefficient (Wildman–Crippen LogP) is 4.96. The van der Waals surface area contributed by atoms with Crippen LogP contribution in [0.2, 0.25) is 5.02 Å². The molecule has 1 aliphatic rings. The highest BCUT2D eigenvalue weighted by Gasteiger charge is 2.37. The Kier molecular flexibility index (Phi) is 4.95. The maximum absolute atomic E-state index is 13.0. The van der Waals surface area contributed by atoms with Crippen LogP contribution in [0.4, 0.5) is 30.2 Å². The molecule has 5 nitrogen and oxygen atoms in total. The molecule has 0 aliphatic carbocycles. The van der Waals surface area contributed by atoms with Crippen molar-refractivity contribution in [3.05, 3.63) is 63.2 Å². The predicted molar refractivity (Wildman–Crippen MR) is 93.8 cm³/mol. The summed E-state index contributed by atoms with van der Waals surface area (Å²) in [7, 11) is 0. The quantitative estimate of drug-likeness (QED) is 0.597. The van der Waals surface area contributed by atoms with E-state index >= 15 is 0 Å². The van der Waals surface area contributed by atoms with Crippen molar-refractivity contribution < 1.29 is 18.1 Å². The Bertz CT molecular complexity index is 815. The first-order valence-electron chi connectivity index (χ1n) is 7.87. The van der Waals surface area contributed by atoms with Gasteiger partial charge >= 0.3 is 6.18 Å². The van der Waals surface area contributed by atoms with Gasteiger partial charge in [0.15, 0.2) is 0 Å². The zero-order chi connectivity index (χ0) is 18.9. The Balaban J connectivity index is 1.85. The van der Waals surface area contributed by atoms with E-state index in [1.807, 2.05) is 30.3 Å². The number of nitro groups is 1. The fraction of sp³-hybridized carbons (Fsp3) is 0.294. The van der Waals surface area contributed by atoms with Gasteiger partial charge in [0.25, 0.3) is 5.69 Å². The average Bonchev–Trinajstić information content (AvgIpc) is 3.02. The Labute approximate surface area is 152 Å². The molecule has 1 heterocycles. The van der Waals surface area contributed by atoms with Crippen LogP contribution in [-0.4, -0.2) is 24.1 Å². The van der Waals surface area contributed by atoms with E-state index in [1.165, 1.54) is 0 Å². The minimum absolute atomic E-state index is 0.0260. The molecule has 0 bridgehead atoms. The molecule has 0 amide bonds. The number of hydrogen-bond acceptors (Lipinski definition) is 4. The molecular weight excluding hydrogens is 371 g/mol. The van der Waals surface area contributed by atoms with E-state index in [1.54, 1.807) is 4.90 Å². The van der Waals surface area contributed by atoms with Gasteiger partial charge in [-0.15, -0.1) is 0 Å². The van der Waals surface area contributed by atoms with Crippen molar-refractivity contribution in [2.24, 2.45) is 0 Å². The number of para-hydroxylation sites is 1. The number of rotatable bonds is 4. The molecule has 0 radical (unpaired) electrons. The Morgan fingerprint density at radius 2 is 1.92 bits per heavy atom. The Hall–Kier alpha value is -2.48. The molecule has 0 spiro atoms. The molecule has 0 aromatic heterocycles. The molecule has 26 heavy (non-hydrogen) atoms. The van der Waals surface area contributed by atoms with E-state index in [0.717, 1.165) is 11.8 Å².